The van der Waals surface area contributed by atoms with Crippen LogP contribution in [0, 0.1) is 0 Å². The molecule has 0 amide bonds. The van der Waals surface area contributed by atoms with Gasteiger partial charge in [-0.2, -0.15) is 5.10 Å². The summed E-state index contributed by atoms with van der Waals surface area (Å²) in [4.78, 5) is 6.35. The van der Waals surface area contributed by atoms with Crippen molar-refractivity contribution in [1.82, 2.24) is 19.7 Å². The maximum Gasteiger partial charge on any atom is 0.0689 e. The highest BCUT2D eigenvalue weighted by Gasteiger charge is 2.05. The zero-order valence-corrected chi connectivity index (χ0v) is 11.8. The Morgan fingerprint density at radius 2 is 2.00 bits per heavy atom. The normalized spacial score (nSPS) is 11.3. The monoisotopic (exact) mass is 266 g/mol. The van der Waals surface area contributed by atoms with Crippen LogP contribution in [0.25, 0.3) is 22.0 Å². The van der Waals surface area contributed by atoms with E-state index in [0.29, 0.717) is 0 Å². The van der Waals surface area contributed by atoms with Crippen LogP contribution in [0.15, 0.2) is 48.9 Å². The van der Waals surface area contributed by atoms with E-state index in [2.05, 4.69) is 58.0 Å². The summed E-state index contributed by atoms with van der Waals surface area (Å²) in [6, 6.07) is 10.5. The lowest BCUT2D eigenvalue weighted by Crippen LogP contribution is -2.18. The smallest absolute Gasteiger partial charge is 0.0689 e. The van der Waals surface area contributed by atoms with Gasteiger partial charge in [-0.25, -0.2) is 0 Å². The Balaban J connectivity index is 1.99. The minimum absolute atomic E-state index is 0.896. The molecule has 2 aromatic heterocycles. The quantitative estimate of drug-likeness (QED) is 0.728. The lowest BCUT2D eigenvalue weighted by atomic mass is 10.1. The lowest BCUT2D eigenvalue weighted by molar-refractivity contribution is 0.377. The van der Waals surface area contributed by atoms with Crippen molar-refractivity contribution < 1.29 is 0 Å². The maximum atomic E-state index is 4.48. The first-order valence-electron chi connectivity index (χ1n) is 6.75. The third kappa shape index (κ3) is 2.56. The fourth-order valence-corrected chi connectivity index (χ4v) is 2.26. The Morgan fingerprint density at radius 3 is 2.75 bits per heavy atom. The van der Waals surface area contributed by atoms with E-state index in [0.717, 1.165) is 18.7 Å². The van der Waals surface area contributed by atoms with Crippen molar-refractivity contribution in [3.63, 3.8) is 0 Å². The molecule has 0 aliphatic rings. The molecule has 0 fully saturated rings. The van der Waals surface area contributed by atoms with E-state index in [9.17, 15) is 0 Å². The molecule has 0 aliphatic carbocycles. The summed E-state index contributed by atoms with van der Waals surface area (Å²) < 4.78 is 2.06. The molecule has 20 heavy (non-hydrogen) atoms. The molecule has 0 saturated carbocycles. The van der Waals surface area contributed by atoms with Crippen molar-refractivity contribution in [2.24, 2.45) is 0 Å². The van der Waals surface area contributed by atoms with Crippen LogP contribution in [0.5, 0.6) is 0 Å². The van der Waals surface area contributed by atoms with E-state index in [1.54, 1.807) is 6.20 Å². The van der Waals surface area contributed by atoms with E-state index in [1.807, 2.05) is 18.5 Å². The number of aromatic nitrogens is 3. The summed E-state index contributed by atoms with van der Waals surface area (Å²) in [6.45, 7) is 1.88. The molecule has 0 unspecified atom stereocenters. The predicted octanol–water partition coefficient (Wildman–Crippen LogP) is 2.66. The number of benzene rings is 1. The summed E-state index contributed by atoms with van der Waals surface area (Å²) in [5, 5.41) is 5.65. The molecular formula is C16H18N4. The average Bonchev–Trinajstić information content (AvgIpc) is 2.88. The second-order valence-corrected chi connectivity index (χ2v) is 5.19. The molecule has 1 aromatic carbocycles. The minimum Gasteiger partial charge on any atom is -0.308 e. The molecule has 0 aliphatic heterocycles. The van der Waals surface area contributed by atoms with Crippen LogP contribution in [0.3, 0.4) is 0 Å². The number of likely N-dealkylation sites (N-methyl/N-ethyl adjacent to an activating group) is 1. The molecule has 102 valence electrons. The SMILES string of the molecule is CN(C)CCn1ncc2ccc(-c3cccnc3)cc21. The van der Waals surface area contributed by atoms with Gasteiger partial charge in [0.15, 0.2) is 0 Å². The van der Waals surface area contributed by atoms with Gasteiger partial charge in [-0.3, -0.25) is 9.67 Å². The van der Waals surface area contributed by atoms with Gasteiger partial charge < -0.3 is 4.90 Å². The molecule has 2 heterocycles. The Kier molecular flexibility index (Phi) is 3.48. The highest BCUT2D eigenvalue weighted by molar-refractivity contribution is 5.84. The van der Waals surface area contributed by atoms with Crippen LogP contribution in [0.2, 0.25) is 0 Å². The van der Waals surface area contributed by atoms with Crippen LogP contribution in [0.1, 0.15) is 0 Å². The first kappa shape index (κ1) is 12.8. The molecule has 0 bridgehead atoms. The van der Waals surface area contributed by atoms with Crippen molar-refractivity contribution in [2.45, 2.75) is 6.54 Å². The highest BCUT2D eigenvalue weighted by atomic mass is 15.3. The van der Waals surface area contributed by atoms with Crippen LogP contribution in [0.4, 0.5) is 0 Å². The van der Waals surface area contributed by atoms with Crippen LogP contribution in [-0.4, -0.2) is 40.3 Å². The number of nitrogens with zero attached hydrogens (tertiary/aromatic N) is 4. The minimum atomic E-state index is 0.896. The van der Waals surface area contributed by atoms with E-state index in [4.69, 9.17) is 0 Å². The zero-order chi connectivity index (χ0) is 13.9. The second-order valence-electron chi connectivity index (χ2n) is 5.19. The Hall–Kier alpha value is -2.20. The largest absolute Gasteiger partial charge is 0.308 e. The van der Waals surface area contributed by atoms with Crippen molar-refractivity contribution in [3.8, 4) is 11.1 Å². The molecule has 4 heteroatoms. The standard InChI is InChI=1S/C16H18N4/c1-19(2)8-9-20-16-10-13(5-6-15(16)12-18-20)14-4-3-7-17-11-14/h3-7,10-12H,8-9H2,1-2H3. The van der Waals surface area contributed by atoms with Crippen molar-refractivity contribution in [1.29, 1.82) is 0 Å². The Bertz CT molecular complexity index is 701. The van der Waals surface area contributed by atoms with E-state index in [-0.39, 0.29) is 0 Å². The van der Waals surface area contributed by atoms with Crippen LogP contribution >= 0.6 is 0 Å². The second kappa shape index (κ2) is 5.43. The lowest BCUT2D eigenvalue weighted by Gasteiger charge is -2.10. The van der Waals surface area contributed by atoms with Gasteiger partial charge in [0.25, 0.3) is 0 Å². The van der Waals surface area contributed by atoms with Gasteiger partial charge in [0, 0.05) is 29.9 Å². The molecule has 0 atom stereocenters. The first-order valence-corrected chi connectivity index (χ1v) is 6.75. The summed E-state index contributed by atoms with van der Waals surface area (Å²) >= 11 is 0. The van der Waals surface area contributed by atoms with Gasteiger partial charge in [0.1, 0.15) is 0 Å². The number of fused-ring (bicyclic) bond motifs is 1. The van der Waals surface area contributed by atoms with Gasteiger partial charge >= 0.3 is 0 Å². The number of hydrogen-bond donors (Lipinski definition) is 0. The molecule has 0 spiro atoms. The predicted molar refractivity (Wildman–Crippen MR) is 81.5 cm³/mol. The number of pyridine rings is 1. The zero-order valence-electron chi connectivity index (χ0n) is 11.8. The topological polar surface area (TPSA) is 34.0 Å². The van der Waals surface area contributed by atoms with Gasteiger partial charge in [0.2, 0.25) is 0 Å². The Labute approximate surface area is 118 Å². The molecule has 0 N–H and O–H groups in total. The van der Waals surface area contributed by atoms with Crippen molar-refractivity contribution in [3.05, 3.63) is 48.9 Å². The summed E-state index contributed by atoms with van der Waals surface area (Å²) in [5.74, 6) is 0. The third-order valence-corrected chi connectivity index (χ3v) is 3.40. The van der Waals surface area contributed by atoms with Crippen molar-refractivity contribution in [2.75, 3.05) is 20.6 Å². The fraction of sp³-hybridized carbons (Fsp3) is 0.250. The summed E-state index contributed by atoms with van der Waals surface area (Å²) in [7, 11) is 4.15. The highest BCUT2D eigenvalue weighted by Crippen LogP contribution is 2.23. The molecule has 3 rings (SSSR count). The summed E-state index contributed by atoms with van der Waals surface area (Å²) in [5.41, 5.74) is 3.49. The first-order chi connectivity index (χ1) is 9.74. The van der Waals surface area contributed by atoms with Crippen molar-refractivity contribution >= 4 is 10.9 Å². The number of hydrogen-bond acceptors (Lipinski definition) is 3. The Morgan fingerprint density at radius 1 is 1.10 bits per heavy atom. The summed E-state index contributed by atoms with van der Waals surface area (Å²) in [6.07, 6.45) is 5.61. The third-order valence-electron chi connectivity index (χ3n) is 3.40. The van der Waals surface area contributed by atoms with E-state index >= 15 is 0 Å². The van der Waals surface area contributed by atoms with Gasteiger partial charge in [-0.15, -0.1) is 0 Å². The van der Waals surface area contributed by atoms with Gasteiger partial charge in [-0.1, -0.05) is 18.2 Å². The van der Waals surface area contributed by atoms with Gasteiger partial charge in [0.05, 0.1) is 18.3 Å². The molecule has 4 nitrogen and oxygen atoms in total. The fourth-order valence-electron chi connectivity index (χ4n) is 2.26. The molecule has 0 radical (unpaired) electrons. The average molecular weight is 266 g/mol. The van der Waals surface area contributed by atoms with E-state index < -0.39 is 0 Å². The number of rotatable bonds is 4. The maximum absolute atomic E-state index is 4.48. The van der Waals surface area contributed by atoms with E-state index in [1.165, 1.54) is 16.5 Å². The van der Waals surface area contributed by atoms with Gasteiger partial charge in [-0.05, 0) is 31.8 Å². The molecule has 3 aromatic rings. The molecular weight excluding hydrogens is 248 g/mol. The van der Waals surface area contributed by atoms with Crippen LogP contribution in [-0.2, 0) is 6.54 Å². The van der Waals surface area contributed by atoms with Crippen LogP contribution < -0.4 is 0 Å². The molecule has 0 saturated heterocycles.